The minimum absolute atomic E-state index is 1.12. The summed E-state index contributed by atoms with van der Waals surface area (Å²) in [6, 6.07) is 88.6. The molecule has 0 unspecified atom stereocenters. The van der Waals surface area contributed by atoms with Gasteiger partial charge in [0.05, 0.1) is 11.4 Å². The molecule has 0 fully saturated rings. The lowest BCUT2D eigenvalue weighted by Gasteiger charge is -2.27. The molecule has 0 aliphatic heterocycles. The number of fused-ring (bicyclic) bond motifs is 8. The summed E-state index contributed by atoms with van der Waals surface area (Å²) < 4.78 is 5.21. The van der Waals surface area contributed by atoms with Gasteiger partial charge in [-0.2, -0.15) is 0 Å². The summed E-state index contributed by atoms with van der Waals surface area (Å²) in [7, 11) is 0. The summed E-state index contributed by atoms with van der Waals surface area (Å²) in [6.45, 7) is 0. The fourth-order valence-electron chi connectivity index (χ4n) is 9.89. The highest BCUT2D eigenvalue weighted by Crippen LogP contribution is 2.45. The maximum Gasteiger partial charge on any atom is 0.0540 e. The van der Waals surface area contributed by atoms with Crippen molar-refractivity contribution in [3.8, 4) is 11.1 Å². The number of benzene rings is 11. The van der Waals surface area contributed by atoms with Crippen molar-refractivity contribution < 1.29 is 0 Å². The highest BCUT2D eigenvalue weighted by Gasteiger charge is 2.19. The summed E-state index contributed by atoms with van der Waals surface area (Å²) >= 11 is 3.71. The van der Waals surface area contributed by atoms with Crippen molar-refractivity contribution in [1.29, 1.82) is 0 Å². The standard InChI is InChI=1S/C64H42N2S2/c1-3-15-53-47(11-1)13-9-19-59(53)65(51-37-39-57-55-17-5-7-21-61(55)67-63(57)41-51)49-33-27-44(28-34-49)24-23-43-25-29-45(30-26-43)46-31-35-50(36-32-46)66(60-20-10-14-48-12-2-4-16-54(48)60)52-38-40-58-56-18-6-8-22-62(56)68-64(58)42-52/h1-42H/b24-23+. The molecular weight excluding hydrogens is 861 g/mol. The number of rotatable bonds is 9. The van der Waals surface area contributed by atoms with Crippen LogP contribution < -0.4 is 9.80 Å². The predicted molar refractivity (Wildman–Crippen MR) is 297 cm³/mol. The molecule has 11 aromatic carbocycles. The lowest BCUT2D eigenvalue weighted by Crippen LogP contribution is -2.10. The third kappa shape index (κ3) is 7.19. The Balaban J connectivity index is 0.779. The number of hydrogen-bond donors (Lipinski definition) is 0. The van der Waals surface area contributed by atoms with Crippen LogP contribution in [0.3, 0.4) is 0 Å². The molecular formula is C64H42N2S2. The first-order valence-electron chi connectivity index (χ1n) is 23.1. The van der Waals surface area contributed by atoms with Crippen molar-refractivity contribution in [2.75, 3.05) is 9.80 Å². The molecule has 2 heterocycles. The van der Waals surface area contributed by atoms with E-state index in [1.807, 2.05) is 22.7 Å². The molecule has 0 saturated heterocycles. The highest BCUT2D eigenvalue weighted by molar-refractivity contribution is 7.26. The first kappa shape index (κ1) is 40.0. The second kappa shape index (κ2) is 16.9. The van der Waals surface area contributed by atoms with Crippen LogP contribution in [-0.4, -0.2) is 0 Å². The lowest BCUT2D eigenvalue weighted by molar-refractivity contribution is 1.30. The van der Waals surface area contributed by atoms with E-state index >= 15 is 0 Å². The quantitative estimate of drug-likeness (QED) is 0.133. The Hall–Kier alpha value is -8.28. The SMILES string of the molecule is C(=C\c1ccc(N(c2ccc3c(c2)sc2ccccc23)c2cccc3ccccc23)cc1)/c1ccc(-c2ccc(N(c3ccc4c(c3)sc3ccccc34)c3cccc4ccccc34)cc2)cc1. The van der Waals surface area contributed by atoms with Crippen LogP contribution in [0.25, 0.3) is 85.2 Å². The zero-order valence-electron chi connectivity index (χ0n) is 37.0. The number of nitrogens with zero attached hydrogens (tertiary/aromatic N) is 2. The topological polar surface area (TPSA) is 6.48 Å². The molecule has 0 bridgehead atoms. The summed E-state index contributed by atoms with van der Waals surface area (Å²) in [6.07, 6.45) is 4.41. The van der Waals surface area contributed by atoms with Gasteiger partial charge in [0.1, 0.15) is 0 Å². The Kier molecular flexibility index (Phi) is 9.93. The molecule has 13 aromatic rings. The van der Waals surface area contributed by atoms with E-state index in [9.17, 15) is 0 Å². The van der Waals surface area contributed by atoms with Crippen LogP contribution >= 0.6 is 22.7 Å². The first-order valence-corrected chi connectivity index (χ1v) is 24.7. The van der Waals surface area contributed by atoms with Crippen molar-refractivity contribution >= 4 is 131 Å². The maximum atomic E-state index is 2.41. The van der Waals surface area contributed by atoms with E-state index in [4.69, 9.17) is 0 Å². The molecule has 0 aliphatic rings. The molecule has 2 nitrogen and oxygen atoms in total. The predicted octanol–water partition coefficient (Wildman–Crippen LogP) is 19.5. The Morgan fingerprint density at radius 2 is 0.618 bits per heavy atom. The van der Waals surface area contributed by atoms with Gasteiger partial charge in [-0.25, -0.2) is 0 Å². The van der Waals surface area contributed by atoms with E-state index in [-0.39, 0.29) is 0 Å². The van der Waals surface area contributed by atoms with Gasteiger partial charge in [0.15, 0.2) is 0 Å². The largest absolute Gasteiger partial charge is 0.310 e. The normalized spacial score (nSPS) is 11.8. The monoisotopic (exact) mass is 902 g/mol. The van der Waals surface area contributed by atoms with E-state index in [2.05, 4.69) is 265 Å². The molecule has 0 atom stereocenters. The average Bonchev–Trinajstić information content (AvgIpc) is 3.97. The van der Waals surface area contributed by atoms with Crippen molar-refractivity contribution in [3.05, 3.63) is 254 Å². The summed E-state index contributed by atoms with van der Waals surface area (Å²) in [5.74, 6) is 0. The van der Waals surface area contributed by atoms with Gasteiger partial charge in [-0.15, -0.1) is 22.7 Å². The van der Waals surface area contributed by atoms with E-state index in [1.54, 1.807) is 0 Å². The van der Waals surface area contributed by atoms with Crippen LogP contribution in [0.1, 0.15) is 11.1 Å². The van der Waals surface area contributed by atoms with Gasteiger partial charge >= 0.3 is 0 Å². The molecule has 0 radical (unpaired) electrons. The smallest absolute Gasteiger partial charge is 0.0540 e. The summed E-state index contributed by atoms with van der Waals surface area (Å²) in [5.41, 5.74) is 11.5. The van der Waals surface area contributed by atoms with Crippen molar-refractivity contribution in [2.24, 2.45) is 0 Å². The molecule has 0 amide bonds. The third-order valence-electron chi connectivity index (χ3n) is 13.2. The van der Waals surface area contributed by atoms with Gasteiger partial charge in [-0.1, -0.05) is 182 Å². The number of thiophene rings is 2. The fraction of sp³-hybridized carbons (Fsp3) is 0. The zero-order valence-corrected chi connectivity index (χ0v) is 38.6. The minimum Gasteiger partial charge on any atom is -0.310 e. The second-order valence-corrected chi connectivity index (χ2v) is 19.5. The Morgan fingerprint density at radius 1 is 0.265 bits per heavy atom. The van der Waals surface area contributed by atoms with E-state index in [1.165, 1.54) is 73.0 Å². The summed E-state index contributed by atoms with van der Waals surface area (Å²) in [4.78, 5) is 4.81. The second-order valence-electron chi connectivity index (χ2n) is 17.3. The van der Waals surface area contributed by atoms with E-state index in [0.29, 0.717) is 0 Å². The Bertz CT molecular complexity index is 4020. The minimum atomic E-state index is 1.12. The van der Waals surface area contributed by atoms with Gasteiger partial charge in [0.2, 0.25) is 0 Å². The van der Waals surface area contributed by atoms with Crippen LogP contribution in [0.4, 0.5) is 34.1 Å². The maximum absolute atomic E-state index is 2.41. The molecule has 0 saturated carbocycles. The fourth-order valence-corrected chi connectivity index (χ4v) is 12.2. The highest BCUT2D eigenvalue weighted by atomic mass is 32.1. The van der Waals surface area contributed by atoms with Gasteiger partial charge < -0.3 is 9.80 Å². The third-order valence-corrected chi connectivity index (χ3v) is 15.5. The van der Waals surface area contributed by atoms with Crippen LogP contribution in [0.5, 0.6) is 0 Å². The van der Waals surface area contributed by atoms with Gasteiger partial charge in [-0.05, 0) is 106 Å². The van der Waals surface area contributed by atoms with Crippen LogP contribution in [-0.2, 0) is 0 Å². The van der Waals surface area contributed by atoms with Gasteiger partial charge in [0.25, 0.3) is 0 Å². The molecule has 0 spiro atoms. The zero-order chi connectivity index (χ0) is 45.0. The van der Waals surface area contributed by atoms with Gasteiger partial charge in [-0.3, -0.25) is 0 Å². The van der Waals surface area contributed by atoms with Crippen LogP contribution in [0.15, 0.2) is 243 Å². The van der Waals surface area contributed by atoms with Crippen LogP contribution in [0, 0.1) is 0 Å². The van der Waals surface area contributed by atoms with E-state index < -0.39 is 0 Å². The molecule has 2 aromatic heterocycles. The lowest BCUT2D eigenvalue weighted by atomic mass is 10.0. The van der Waals surface area contributed by atoms with Gasteiger partial charge in [0, 0.05) is 73.9 Å². The molecule has 320 valence electrons. The van der Waals surface area contributed by atoms with Crippen molar-refractivity contribution in [1.82, 2.24) is 0 Å². The van der Waals surface area contributed by atoms with Crippen molar-refractivity contribution in [3.63, 3.8) is 0 Å². The summed E-state index contributed by atoms with van der Waals surface area (Å²) in [5, 5.41) is 10.1. The molecule has 13 rings (SSSR count). The molecule has 0 N–H and O–H groups in total. The molecule has 0 aliphatic carbocycles. The van der Waals surface area contributed by atoms with Crippen LogP contribution in [0.2, 0.25) is 0 Å². The Morgan fingerprint density at radius 3 is 1.10 bits per heavy atom. The molecule has 68 heavy (non-hydrogen) atoms. The van der Waals surface area contributed by atoms with E-state index in [0.717, 1.165) is 45.3 Å². The first-order chi connectivity index (χ1) is 33.7. The Labute approximate surface area is 403 Å². The molecule has 4 heteroatoms. The average molecular weight is 903 g/mol. The number of anilines is 6. The van der Waals surface area contributed by atoms with Crippen molar-refractivity contribution in [2.45, 2.75) is 0 Å². The number of hydrogen-bond acceptors (Lipinski definition) is 4.